The van der Waals surface area contributed by atoms with Crippen LogP contribution in [0.15, 0.2) is 54.6 Å². The molecule has 110 valence electrons. The van der Waals surface area contributed by atoms with Gasteiger partial charge in [-0.05, 0) is 23.8 Å². The Morgan fingerprint density at radius 3 is 2.68 bits per heavy atom. The van der Waals surface area contributed by atoms with E-state index < -0.39 is 0 Å². The summed E-state index contributed by atoms with van der Waals surface area (Å²) in [7, 11) is 0. The number of carbonyl (C=O) groups is 1. The van der Waals surface area contributed by atoms with Gasteiger partial charge in [0.05, 0.1) is 11.1 Å². The Hall–Kier alpha value is -2.59. The highest BCUT2D eigenvalue weighted by molar-refractivity contribution is 6.31. The van der Waals surface area contributed by atoms with E-state index in [0.29, 0.717) is 22.6 Å². The van der Waals surface area contributed by atoms with Crippen LogP contribution in [-0.2, 0) is 6.54 Å². The number of aromatic nitrogens is 1. The van der Waals surface area contributed by atoms with Crippen molar-refractivity contribution in [2.75, 3.05) is 5.73 Å². The van der Waals surface area contributed by atoms with Crippen LogP contribution in [0.2, 0.25) is 5.02 Å². The second kappa shape index (κ2) is 6.03. The number of hydrogen-bond donors (Lipinski definition) is 2. The number of hydrogen-bond acceptors (Lipinski definition) is 3. The Morgan fingerprint density at radius 2 is 1.91 bits per heavy atom. The molecule has 0 saturated heterocycles. The van der Waals surface area contributed by atoms with Gasteiger partial charge >= 0.3 is 0 Å². The molecule has 4 nitrogen and oxygen atoms in total. The van der Waals surface area contributed by atoms with Crippen LogP contribution in [0.25, 0.3) is 10.9 Å². The summed E-state index contributed by atoms with van der Waals surface area (Å²) < 4.78 is 0. The molecule has 2 aromatic carbocycles. The van der Waals surface area contributed by atoms with Crippen LogP contribution in [-0.4, -0.2) is 10.9 Å². The first-order valence-electron chi connectivity index (χ1n) is 6.81. The first-order valence-corrected chi connectivity index (χ1v) is 7.19. The quantitative estimate of drug-likeness (QED) is 0.779. The molecule has 0 aliphatic rings. The molecule has 3 aromatic rings. The largest absolute Gasteiger partial charge is 0.383 e. The highest BCUT2D eigenvalue weighted by atomic mass is 35.5. The standard InChI is InChI=1S/C17H14ClN3O/c18-13-7-6-12-8-14(16(19)21-15(12)9-13)17(22)20-10-11-4-2-1-3-5-11/h1-9H,10H2,(H2,19,21)(H,20,22). The summed E-state index contributed by atoms with van der Waals surface area (Å²) in [6.07, 6.45) is 0. The summed E-state index contributed by atoms with van der Waals surface area (Å²) in [5.74, 6) is -0.0500. The second-order valence-electron chi connectivity index (χ2n) is 4.93. The monoisotopic (exact) mass is 311 g/mol. The predicted molar refractivity (Wildman–Crippen MR) is 88.8 cm³/mol. The van der Waals surface area contributed by atoms with E-state index in [1.807, 2.05) is 36.4 Å². The molecule has 0 bridgehead atoms. The lowest BCUT2D eigenvalue weighted by Gasteiger charge is -2.09. The van der Waals surface area contributed by atoms with E-state index in [4.69, 9.17) is 17.3 Å². The van der Waals surface area contributed by atoms with E-state index in [2.05, 4.69) is 10.3 Å². The fraction of sp³-hybridized carbons (Fsp3) is 0.0588. The normalized spacial score (nSPS) is 10.6. The molecule has 0 spiro atoms. The Bertz CT molecular complexity index is 834. The topological polar surface area (TPSA) is 68.0 Å². The lowest BCUT2D eigenvalue weighted by Crippen LogP contribution is -2.24. The third-order valence-electron chi connectivity index (χ3n) is 3.35. The molecular weight excluding hydrogens is 298 g/mol. The summed E-state index contributed by atoms with van der Waals surface area (Å²) in [4.78, 5) is 16.5. The van der Waals surface area contributed by atoms with Crippen molar-refractivity contribution in [2.45, 2.75) is 6.54 Å². The van der Waals surface area contributed by atoms with Gasteiger partial charge < -0.3 is 11.1 Å². The van der Waals surface area contributed by atoms with Crippen molar-refractivity contribution in [3.63, 3.8) is 0 Å². The number of fused-ring (bicyclic) bond motifs is 1. The molecule has 1 aromatic heterocycles. The molecule has 0 saturated carbocycles. The van der Waals surface area contributed by atoms with Crippen molar-refractivity contribution in [1.29, 1.82) is 0 Å². The van der Waals surface area contributed by atoms with Crippen LogP contribution < -0.4 is 11.1 Å². The highest BCUT2D eigenvalue weighted by Gasteiger charge is 2.12. The number of amides is 1. The van der Waals surface area contributed by atoms with Crippen molar-refractivity contribution in [3.8, 4) is 0 Å². The summed E-state index contributed by atoms with van der Waals surface area (Å²) in [6.45, 7) is 0.442. The fourth-order valence-electron chi connectivity index (χ4n) is 2.21. The third-order valence-corrected chi connectivity index (χ3v) is 3.58. The second-order valence-corrected chi connectivity index (χ2v) is 5.36. The van der Waals surface area contributed by atoms with Crippen LogP contribution in [0.1, 0.15) is 15.9 Å². The Balaban J connectivity index is 1.84. The number of nitrogens with one attached hydrogen (secondary N) is 1. The molecule has 0 atom stereocenters. The van der Waals surface area contributed by atoms with Gasteiger partial charge in [0.2, 0.25) is 0 Å². The number of halogens is 1. The van der Waals surface area contributed by atoms with Crippen LogP contribution in [0.4, 0.5) is 5.82 Å². The zero-order chi connectivity index (χ0) is 15.5. The van der Waals surface area contributed by atoms with E-state index >= 15 is 0 Å². The fourth-order valence-corrected chi connectivity index (χ4v) is 2.38. The van der Waals surface area contributed by atoms with Gasteiger partial charge in [0, 0.05) is 17.0 Å². The number of nitrogen functional groups attached to an aromatic ring is 1. The number of nitrogens with zero attached hydrogens (tertiary/aromatic N) is 1. The number of anilines is 1. The Morgan fingerprint density at radius 1 is 1.14 bits per heavy atom. The van der Waals surface area contributed by atoms with E-state index in [1.165, 1.54) is 0 Å². The summed E-state index contributed by atoms with van der Waals surface area (Å²) in [6, 6.07) is 16.7. The van der Waals surface area contributed by atoms with E-state index in [1.54, 1.807) is 18.2 Å². The minimum atomic E-state index is -0.245. The van der Waals surface area contributed by atoms with Crippen molar-refractivity contribution >= 4 is 34.2 Å². The molecule has 22 heavy (non-hydrogen) atoms. The summed E-state index contributed by atoms with van der Waals surface area (Å²) in [5.41, 5.74) is 7.95. The van der Waals surface area contributed by atoms with Gasteiger partial charge in [-0.15, -0.1) is 0 Å². The van der Waals surface area contributed by atoms with Gasteiger partial charge in [-0.2, -0.15) is 0 Å². The summed E-state index contributed by atoms with van der Waals surface area (Å²) in [5, 5.41) is 4.25. The van der Waals surface area contributed by atoms with Crippen molar-refractivity contribution in [2.24, 2.45) is 0 Å². The lowest BCUT2D eigenvalue weighted by atomic mass is 10.1. The van der Waals surface area contributed by atoms with Crippen LogP contribution in [0, 0.1) is 0 Å². The minimum Gasteiger partial charge on any atom is -0.383 e. The van der Waals surface area contributed by atoms with Crippen LogP contribution >= 0.6 is 11.6 Å². The Labute approximate surface area is 132 Å². The smallest absolute Gasteiger partial charge is 0.255 e. The van der Waals surface area contributed by atoms with Crippen molar-refractivity contribution in [1.82, 2.24) is 10.3 Å². The zero-order valence-corrected chi connectivity index (χ0v) is 12.5. The molecule has 0 aliphatic carbocycles. The molecule has 1 amide bonds. The van der Waals surface area contributed by atoms with E-state index in [0.717, 1.165) is 10.9 Å². The number of rotatable bonds is 3. The minimum absolute atomic E-state index is 0.195. The maximum Gasteiger partial charge on any atom is 0.255 e. The SMILES string of the molecule is Nc1nc2cc(Cl)ccc2cc1C(=O)NCc1ccccc1. The number of carbonyl (C=O) groups excluding carboxylic acids is 1. The molecule has 5 heteroatoms. The maximum atomic E-state index is 12.3. The van der Waals surface area contributed by atoms with Crippen molar-refractivity contribution in [3.05, 3.63) is 70.7 Å². The number of nitrogens with two attached hydrogens (primary N) is 1. The number of pyridine rings is 1. The first kappa shape index (κ1) is 14.4. The average molecular weight is 312 g/mol. The molecule has 0 aliphatic heterocycles. The molecular formula is C17H14ClN3O. The van der Waals surface area contributed by atoms with Gasteiger partial charge in [-0.3, -0.25) is 4.79 Å². The first-order chi connectivity index (χ1) is 10.6. The molecule has 3 rings (SSSR count). The van der Waals surface area contributed by atoms with Gasteiger partial charge in [0.15, 0.2) is 0 Å². The zero-order valence-electron chi connectivity index (χ0n) is 11.7. The van der Waals surface area contributed by atoms with E-state index in [9.17, 15) is 4.79 Å². The predicted octanol–water partition coefficient (Wildman–Crippen LogP) is 3.40. The lowest BCUT2D eigenvalue weighted by molar-refractivity contribution is 0.0951. The average Bonchev–Trinajstić information content (AvgIpc) is 2.53. The maximum absolute atomic E-state index is 12.3. The molecule has 1 heterocycles. The Kier molecular flexibility index (Phi) is 3.94. The van der Waals surface area contributed by atoms with Gasteiger partial charge in [0.1, 0.15) is 5.82 Å². The van der Waals surface area contributed by atoms with Gasteiger partial charge in [-0.1, -0.05) is 48.0 Å². The molecule has 3 N–H and O–H groups in total. The summed E-state index contributed by atoms with van der Waals surface area (Å²) >= 11 is 5.93. The van der Waals surface area contributed by atoms with Gasteiger partial charge in [-0.25, -0.2) is 4.98 Å². The van der Waals surface area contributed by atoms with Crippen LogP contribution in [0.3, 0.4) is 0 Å². The molecule has 0 unspecified atom stereocenters. The highest BCUT2D eigenvalue weighted by Crippen LogP contribution is 2.21. The van der Waals surface area contributed by atoms with E-state index in [-0.39, 0.29) is 11.7 Å². The van der Waals surface area contributed by atoms with Crippen LogP contribution in [0.5, 0.6) is 0 Å². The van der Waals surface area contributed by atoms with Crippen molar-refractivity contribution < 1.29 is 4.79 Å². The third kappa shape index (κ3) is 3.02. The number of benzene rings is 2. The molecule has 0 fully saturated rings. The molecule has 0 radical (unpaired) electrons. The van der Waals surface area contributed by atoms with Gasteiger partial charge in [0.25, 0.3) is 5.91 Å².